The Balaban J connectivity index is 1.67. The lowest BCUT2D eigenvalue weighted by atomic mass is 9.97. The summed E-state index contributed by atoms with van der Waals surface area (Å²) < 4.78 is 10.0. The molecule has 1 fully saturated rings. The highest BCUT2D eigenvalue weighted by Gasteiger charge is 2.26. The van der Waals surface area contributed by atoms with E-state index in [2.05, 4.69) is 69.5 Å². The summed E-state index contributed by atoms with van der Waals surface area (Å²) in [6, 6.07) is 16.8. The summed E-state index contributed by atoms with van der Waals surface area (Å²) in [5.74, 6) is -0.0739. The van der Waals surface area contributed by atoms with Gasteiger partial charge in [-0.15, -0.1) is 0 Å². The van der Waals surface area contributed by atoms with Crippen molar-refractivity contribution in [2.24, 2.45) is 5.92 Å². The second-order valence-electron chi connectivity index (χ2n) is 7.43. The van der Waals surface area contributed by atoms with E-state index in [-0.39, 0.29) is 11.9 Å². The lowest BCUT2D eigenvalue weighted by Crippen LogP contribution is -2.37. The predicted octanol–water partition coefficient (Wildman–Crippen LogP) is 4.31. The van der Waals surface area contributed by atoms with Gasteiger partial charge in [0.2, 0.25) is 0 Å². The number of carbonyl (C=O) groups is 1. The van der Waals surface area contributed by atoms with Crippen molar-refractivity contribution in [2.75, 3.05) is 20.2 Å². The summed E-state index contributed by atoms with van der Waals surface area (Å²) in [4.78, 5) is 14.1. The molecule has 1 saturated heterocycles. The van der Waals surface area contributed by atoms with Gasteiger partial charge in [0.15, 0.2) is 4.77 Å². The maximum atomic E-state index is 11.8. The van der Waals surface area contributed by atoms with Crippen LogP contribution in [0.5, 0.6) is 0 Å². The van der Waals surface area contributed by atoms with Gasteiger partial charge in [0, 0.05) is 18.8 Å². The molecule has 0 bridgehead atoms. The van der Waals surface area contributed by atoms with Gasteiger partial charge in [0.05, 0.1) is 30.7 Å². The fourth-order valence-electron chi connectivity index (χ4n) is 4.04. The third kappa shape index (κ3) is 3.50. The van der Waals surface area contributed by atoms with Gasteiger partial charge in [-0.1, -0.05) is 24.3 Å². The van der Waals surface area contributed by atoms with E-state index >= 15 is 0 Å². The first-order chi connectivity index (χ1) is 13.6. The summed E-state index contributed by atoms with van der Waals surface area (Å²) >= 11 is 5.90. The number of benzene rings is 2. The van der Waals surface area contributed by atoms with Crippen molar-refractivity contribution < 1.29 is 9.53 Å². The first-order valence-electron chi connectivity index (χ1n) is 9.66. The molecular formula is C22H25N3O2S. The molecule has 6 heteroatoms. The maximum absolute atomic E-state index is 11.8. The Bertz CT molecular complexity index is 1060. The number of hydrogen-bond acceptors (Lipinski definition) is 4. The number of aromatic nitrogens is 2. The molecule has 0 amide bonds. The molecule has 2 heterocycles. The molecule has 0 spiro atoms. The van der Waals surface area contributed by atoms with Gasteiger partial charge in [-0.25, -0.2) is 0 Å². The van der Waals surface area contributed by atoms with Crippen LogP contribution >= 0.6 is 12.2 Å². The van der Waals surface area contributed by atoms with Crippen LogP contribution in [0.4, 0.5) is 0 Å². The van der Waals surface area contributed by atoms with Gasteiger partial charge in [-0.2, -0.15) is 0 Å². The third-order valence-electron chi connectivity index (χ3n) is 5.56. The number of esters is 1. The van der Waals surface area contributed by atoms with Gasteiger partial charge in [0.1, 0.15) is 0 Å². The van der Waals surface area contributed by atoms with Crippen LogP contribution in [-0.4, -0.2) is 40.2 Å². The number of aryl methyl sites for hydroxylation is 1. The summed E-state index contributed by atoms with van der Waals surface area (Å²) in [5, 5.41) is 0. The lowest BCUT2D eigenvalue weighted by Gasteiger charge is -2.30. The molecule has 0 atom stereocenters. The Morgan fingerprint density at radius 2 is 1.82 bits per heavy atom. The number of nitrogens with zero attached hydrogens (tertiary/aromatic N) is 3. The second kappa shape index (κ2) is 7.89. The molecule has 1 aromatic heterocycles. The Hall–Kier alpha value is -2.44. The van der Waals surface area contributed by atoms with Crippen molar-refractivity contribution in [3.63, 3.8) is 0 Å². The number of rotatable bonds is 4. The molecule has 0 unspecified atom stereocenters. The molecule has 0 saturated carbocycles. The van der Waals surface area contributed by atoms with Crippen LogP contribution in [-0.2, 0) is 16.2 Å². The Morgan fingerprint density at radius 3 is 2.50 bits per heavy atom. The van der Waals surface area contributed by atoms with Crippen LogP contribution in [0, 0.1) is 17.6 Å². The Morgan fingerprint density at radius 1 is 1.11 bits per heavy atom. The number of fused-ring (bicyclic) bond motifs is 1. The zero-order valence-corrected chi connectivity index (χ0v) is 17.1. The van der Waals surface area contributed by atoms with Crippen molar-refractivity contribution in [3.05, 3.63) is 58.9 Å². The normalized spacial score (nSPS) is 15.8. The van der Waals surface area contributed by atoms with Gasteiger partial charge in [-0.3, -0.25) is 14.3 Å². The van der Waals surface area contributed by atoms with Crippen LogP contribution in [0.1, 0.15) is 18.4 Å². The first-order valence-corrected chi connectivity index (χ1v) is 10.1. The number of methoxy groups -OCH3 is 1. The molecule has 3 aromatic rings. The van der Waals surface area contributed by atoms with Crippen molar-refractivity contribution in [1.82, 2.24) is 14.0 Å². The molecule has 5 nitrogen and oxygen atoms in total. The monoisotopic (exact) mass is 395 g/mol. The van der Waals surface area contributed by atoms with E-state index in [9.17, 15) is 4.79 Å². The number of ether oxygens (including phenoxy) is 1. The second-order valence-corrected chi connectivity index (χ2v) is 7.80. The molecule has 0 aliphatic carbocycles. The largest absolute Gasteiger partial charge is 0.469 e. The molecule has 0 radical (unpaired) electrons. The van der Waals surface area contributed by atoms with Crippen molar-refractivity contribution in [3.8, 4) is 5.69 Å². The molecule has 1 aliphatic heterocycles. The van der Waals surface area contributed by atoms with E-state index in [4.69, 9.17) is 17.0 Å². The predicted molar refractivity (Wildman–Crippen MR) is 113 cm³/mol. The minimum absolute atomic E-state index is 0.0165. The zero-order valence-electron chi connectivity index (χ0n) is 16.3. The van der Waals surface area contributed by atoms with Crippen LogP contribution in [0.15, 0.2) is 48.5 Å². The van der Waals surface area contributed by atoms with Gasteiger partial charge < -0.3 is 9.30 Å². The minimum atomic E-state index is -0.0905. The van der Waals surface area contributed by atoms with E-state index in [1.807, 2.05) is 0 Å². The molecule has 28 heavy (non-hydrogen) atoms. The standard InChI is InChI=1S/C22H25N3O2S/c1-16-6-5-7-18(14-16)25-20-9-4-3-8-19(20)24(22(25)28)15-23-12-10-17(11-13-23)21(26)27-2/h3-9,14,17H,10-13,15H2,1-2H3. The topological polar surface area (TPSA) is 39.4 Å². The van der Waals surface area contributed by atoms with E-state index < -0.39 is 0 Å². The summed E-state index contributed by atoms with van der Waals surface area (Å²) in [6.07, 6.45) is 1.66. The fourth-order valence-corrected chi connectivity index (χ4v) is 4.40. The van der Waals surface area contributed by atoms with Crippen LogP contribution < -0.4 is 0 Å². The highest BCUT2D eigenvalue weighted by molar-refractivity contribution is 7.71. The highest BCUT2D eigenvalue weighted by Crippen LogP contribution is 2.25. The van der Waals surface area contributed by atoms with Crippen molar-refractivity contribution in [2.45, 2.75) is 26.4 Å². The van der Waals surface area contributed by atoms with Gasteiger partial charge >= 0.3 is 5.97 Å². The number of likely N-dealkylation sites (tertiary alicyclic amines) is 1. The maximum Gasteiger partial charge on any atom is 0.308 e. The van der Waals surface area contributed by atoms with Crippen molar-refractivity contribution in [1.29, 1.82) is 0 Å². The fraction of sp³-hybridized carbons (Fsp3) is 0.364. The summed E-state index contributed by atoms with van der Waals surface area (Å²) in [6.45, 7) is 4.56. The molecule has 1 aliphatic rings. The van der Waals surface area contributed by atoms with Crippen LogP contribution in [0.2, 0.25) is 0 Å². The SMILES string of the molecule is COC(=O)C1CCN(Cn2c(=S)n(-c3cccc(C)c3)c3ccccc32)CC1. The highest BCUT2D eigenvalue weighted by atomic mass is 32.1. The van der Waals surface area contributed by atoms with E-state index in [0.717, 1.165) is 54.1 Å². The van der Waals surface area contributed by atoms with E-state index in [1.165, 1.54) is 12.7 Å². The smallest absolute Gasteiger partial charge is 0.308 e. The van der Waals surface area contributed by atoms with E-state index in [0.29, 0.717) is 0 Å². The third-order valence-corrected chi connectivity index (χ3v) is 5.96. The molecular weight excluding hydrogens is 370 g/mol. The van der Waals surface area contributed by atoms with Crippen molar-refractivity contribution >= 4 is 29.2 Å². The number of imidazole rings is 1. The van der Waals surface area contributed by atoms with Gasteiger partial charge in [0.25, 0.3) is 0 Å². The number of para-hydroxylation sites is 2. The number of piperidine rings is 1. The average molecular weight is 396 g/mol. The zero-order chi connectivity index (χ0) is 19.7. The Kier molecular flexibility index (Phi) is 5.33. The van der Waals surface area contributed by atoms with E-state index in [1.54, 1.807) is 0 Å². The summed E-state index contributed by atoms with van der Waals surface area (Å²) in [7, 11) is 1.47. The molecule has 2 aromatic carbocycles. The summed E-state index contributed by atoms with van der Waals surface area (Å²) in [5.41, 5.74) is 4.54. The number of carbonyl (C=O) groups excluding carboxylic acids is 1. The minimum Gasteiger partial charge on any atom is -0.469 e. The quantitative estimate of drug-likeness (QED) is 0.487. The molecule has 4 rings (SSSR count). The molecule has 146 valence electrons. The molecule has 0 N–H and O–H groups in total. The van der Waals surface area contributed by atoms with Crippen LogP contribution in [0.3, 0.4) is 0 Å². The average Bonchev–Trinajstić information content (AvgIpc) is 2.99. The lowest BCUT2D eigenvalue weighted by molar-refractivity contribution is -0.147. The number of hydrogen-bond donors (Lipinski definition) is 0. The van der Waals surface area contributed by atoms with Crippen LogP contribution in [0.25, 0.3) is 16.7 Å². The van der Waals surface area contributed by atoms with Gasteiger partial charge in [-0.05, 0) is 61.8 Å². The first kappa shape index (κ1) is 18.9. The Labute approximate surface area is 170 Å².